The van der Waals surface area contributed by atoms with E-state index in [1.807, 2.05) is 0 Å². The first-order valence-electron chi connectivity index (χ1n) is 9.84. The number of hydrogen-bond acceptors (Lipinski definition) is 5. The predicted octanol–water partition coefficient (Wildman–Crippen LogP) is 1.27. The van der Waals surface area contributed by atoms with E-state index < -0.39 is 24.0 Å². The predicted molar refractivity (Wildman–Crippen MR) is 106 cm³/mol. The van der Waals surface area contributed by atoms with Gasteiger partial charge >= 0.3 is 0 Å². The van der Waals surface area contributed by atoms with Gasteiger partial charge in [-0.15, -0.1) is 0 Å². The largest absolute Gasteiger partial charge is 0.392 e. The van der Waals surface area contributed by atoms with Crippen LogP contribution in [0.15, 0.2) is 30.3 Å². The Morgan fingerprint density at radius 2 is 2.11 bits per heavy atom. The Labute approximate surface area is 165 Å². The lowest BCUT2D eigenvalue weighted by molar-refractivity contribution is -0.145. The van der Waals surface area contributed by atoms with Crippen LogP contribution in [0.1, 0.15) is 43.7 Å². The summed E-state index contributed by atoms with van der Waals surface area (Å²) in [6.07, 6.45) is 2.25. The number of nitrogens with one attached hydrogen (secondary N) is 2. The van der Waals surface area contributed by atoms with E-state index >= 15 is 0 Å². The fourth-order valence-electron chi connectivity index (χ4n) is 3.94. The normalized spacial score (nSPS) is 25.4. The molecule has 0 saturated carbocycles. The van der Waals surface area contributed by atoms with Crippen molar-refractivity contribution in [2.75, 3.05) is 19.6 Å². The molecule has 28 heavy (non-hydrogen) atoms. The molecule has 4 N–H and O–H groups in total. The monoisotopic (exact) mass is 387 g/mol. The van der Waals surface area contributed by atoms with Crippen LogP contribution in [0.25, 0.3) is 5.57 Å². The molecule has 3 atom stereocenters. The molecule has 2 aliphatic heterocycles. The van der Waals surface area contributed by atoms with E-state index in [1.54, 1.807) is 10.4 Å². The molecule has 0 spiro atoms. The summed E-state index contributed by atoms with van der Waals surface area (Å²) >= 11 is 0. The van der Waals surface area contributed by atoms with E-state index in [2.05, 4.69) is 49.5 Å². The summed E-state index contributed by atoms with van der Waals surface area (Å²) in [5.41, 5.74) is 5.32. The van der Waals surface area contributed by atoms with Gasteiger partial charge in [0.25, 0.3) is 0 Å². The van der Waals surface area contributed by atoms with Crippen molar-refractivity contribution in [1.29, 1.82) is 0 Å². The molecule has 152 valence electrons. The van der Waals surface area contributed by atoms with E-state index in [1.165, 1.54) is 16.7 Å². The van der Waals surface area contributed by atoms with Gasteiger partial charge in [-0.05, 0) is 35.5 Å². The molecular formula is C21H29N3O4. The van der Waals surface area contributed by atoms with Crippen molar-refractivity contribution < 1.29 is 19.9 Å². The van der Waals surface area contributed by atoms with E-state index in [4.69, 9.17) is 5.21 Å². The van der Waals surface area contributed by atoms with Gasteiger partial charge in [0.05, 0.1) is 18.1 Å². The molecule has 0 aromatic heterocycles. The Kier molecular flexibility index (Phi) is 6.49. The van der Waals surface area contributed by atoms with Crippen LogP contribution in [0.4, 0.5) is 0 Å². The lowest BCUT2D eigenvalue weighted by Crippen LogP contribution is -2.59. The van der Waals surface area contributed by atoms with Crippen molar-refractivity contribution in [2.45, 2.75) is 44.8 Å². The Hall–Kier alpha value is -2.22. The van der Waals surface area contributed by atoms with Crippen molar-refractivity contribution >= 4 is 17.4 Å². The van der Waals surface area contributed by atoms with E-state index in [0.29, 0.717) is 19.0 Å². The van der Waals surface area contributed by atoms with Gasteiger partial charge in [-0.25, -0.2) is 5.48 Å². The highest BCUT2D eigenvalue weighted by atomic mass is 16.5. The zero-order chi connectivity index (χ0) is 20.3. The number of amides is 2. The molecule has 1 aromatic carbocycles. The molecule has 1 saturated heterocycles. The van der Waals surface area contributed by atoms with Crippen molar-refractivity contribution in [3.63, 3.8) is 0 Å². The van der Waals surface area contributed by atoms with Gasteiger partial charge in [0.1, 0.15) is 0 Å². The molecular weight excluding hydrogens is 358 g/mol. The Morgan fingerprint density at radius 3 is 2.75 bits per heavy atom. The minimum absolute atomic E-state index is 0.146. The smallest absolute Gasteiger partial charge is 0.248 e. The summed E-state index contributed by atoms with van der Waals surface area (Å²) < 4.78 is 0. The number of piperidine rings is 1. The number of benzene rings is 1. The number of carbonyl (C=O) groups is 2. The Morgan fingerprint density at radius 1 is 1.32 bits per heavy atom. The molecule has 0 bridgehead atoms. The third kappa shape index (κ3) is 4.43. The van der Waals surface area contributed by atoms with E-state index in [-0.39, 0.29) is 18.9 Å². The van der Waals surface area contributed by atoms with Gasteiger partial charge in [0.15, 0.2) is 0 Å². The zero-order valence-corrected chi connectivity index (χ0v) is 16.4. The summed E-state index contributed by atoms with van der Waals surface area (Å²) in [7, 11) is 0. The Bertz CT molecular complexity index is 762. The van der Waals surface area contributed by atoms with Crippen LogP contribution in [0, 0.1) is 5.92 Å². The lowest BCUT2D eigenvalue weighted by atomic mass is 9.87. The summed E-state index contributed by atoms with van der Waals surface area (Å²) in [5, 5.41) is 21.7. The first-order chi connectivity index (χ1) is 13.4. The van der Waals surface area contributed by atoms with E-state index in [9.17, 15) is 14.7 Å². The van der Waals surface area contributed by atoms with Gasteiger partial charge < -0.3 is 15.3 Å². The molecule has 1 aromatic rings. The van der Waals surface area contributed by atoms with Crippen LogP contribution in [-0.4, -0.2) is 58.8 Å². The second kappa shape index (κ2) is 8.86. The number of aliphatic hydroxyl groups is 1. The fourth-order valence-corrected chi connectivity index (χ4v) is 3.94. The summed E-state index contributed by atoms with van der Waals surface area (Å²) in [4.78, 5) is 26.6. The van der Waals surface area contributed by atoms with Gasteiger partial charge in [0.2, 0.25) is 11.8 Å². The van der Waals surface area contributed by atoms with Gasteiger partial charge in [-0.2, -0.15) is 0 Å². The van der Waals surface area contributed by atoms with Gasteiger partial charge in [-0.1, -0.05) is 44.2 Å². The molecule has 7 heteroatoms. The second-order valence-electron chi connectivity index (χ2n) is 7.90. The molecule has 0 radical (unpaired) electrons. The highest BCUT2D eigenvalue weighted by Gasteiger charge is 2.40. The van der Waals surface area contributed by atoms with Crippen LogP contribution in [0.2, 0.25) is 0 Å². The van der Waals surface area contributed by atoms with Crippen molar-refractivity contribution in [3.8, 4) is 0 Å². The first kappa shape index (κ1) is 20.5. The number of hydrogen-bond donors (Lipinski definition) is 4. The number of nitrogens with zero attached hydrogens (tertiary/aromatic N) is 1. The molecule has 2 heterocycles. The highest BCUT2D eigenvalue weighted by molar-refractivity contribution is 5.90. The quantitative estimate of drug-likeness (QED) is 0.460. The Balaban J connectivity index is 1.70. The van der Waals surface area contributed by atoms with E-state index in [0.717, 1.165) is 6.42 Å². The third-order valence-electron chi connectivity index (χ3n) is 5.66. The van der Waals surface area contributed by atoms with Crippen LogP contribution in [0.5, 0.6) is 0 Å². The second-order valence-corrected chi connectivity index (χ2v) is 7.90. The maximum Gasteiger partial charge on any atom is 0.248 e. The van der Waals surface area contributed by atoms with Crippen molar-refractivity contribution in [1.82, 2.24) is 15.7 Å². The minimum Gasteiger partial charge on any atom is -0.392 e. The van der Waals surface area contributed by atoms with Gasteiger partial charge in [0, 0.05) is 19.6 Å². The molecule has 7 nitrogen and oxygen atoms in total. The number of hydroxylamine groups is 1. The average Bonchev–Trinajstić information content (AvgIpc) is 2.72. The molecule has 2 amide bonds. The standard InChI is InChI=1S/C21H29N3O4/c1-13(2)15-4-3-5-16(10-15)14-6-8-24(9-7-14)21(27)19-18(20(26)23-28)11-17(25)12-22-19/h3-6,10,13,17-19,22,25,28H,7-9,11-12H2,1-2H3,(H,23,26)/t17-,18+,19+/m1/s1. The van der Waals surface area contributed by atoms with Crippen LogP contribution < -0.4 is 10.8 Å². The summed E-state index contributed by atoms with van der Waals surface area (Å²) in [6, 6.07) is 7.76. The lowest BCUT2D eigenvalue weighted by Gasteiger charge is -2.37. The van der Waals surface area contributed by atoms with Crippen molar-refractivity contribution in [3.05, 3.63) is 41.5 Å². The number of β-amino-alcohol motifs (C(OH)–C–C–N with tert-alkyl or cyclic N) is 1. The SMILES string of the molecule is CC(C)c1cccc(C2=CCN(C(=O)[C@H]3NC[C@H](O)C[C@@H]3C(=O)NO)CC2)c1. The maximum atomic E-state index is 13.0. The zero-order valence-electron chi connectivity index (χ0n) is 16.4. The summed E-state index contributed by atoms with van der Waals surface area (Å²) in [5.74, 6) is -1.16. The maximum absolute atomic E-state index is 13.0. The molecule has 0 unspecified atom stereocenters. The highest BCUT2D eigenvalue weighted by Crippen LogP contribution is 2.27. The van der Waals surface area contributed by atoms with Crippen LogP contribution in [0.3, 0.4) is 0 Å². The third-order valence-corrected chi connectivity index (χ3v) is 5.66. The van der Waals surface area contributed by atoms with Gasteiger partial charge in [-0.3, -0.25) is 14.8 Å². The molecule has 3 rings (SSSR count). The number of aliphatic hydroxyl groups excluding tert-OH is 1. The molecule has 0 aliphatic carbocycles. The van der Waals surface area contributed by atoms with Crippen LogP contribution in [-0.2, 0) is 9.59 Å². The molecule has 1 fully saturated rings. The first-order valence-corrected chi connectivity index (χ1v) is 9.84. The number of carbonyl (C=O) groups excluding carboxylic acids is 2. The number of rotatable bonds is 4. The molecule has 2 aliphatic rings. The fraction of sp³-hybridized carbons (Fsp3) is 0.524. The minimum atomic E-state index is -0.797. The van der Waals surface area contributed by atoms with Crippen LogP contribution >= 0.6 is 0 Å². The van der Waals surface area contributed by atoms with Crippen molar-refractivity contribution in [2.24, 2.45) is 5.92 Å². The summed E-state index contributed by atoms with van der Waals surface area (Å²) in [6.45, 7) is 5.64. The topological polar surface area (TPSA) is 102 Å². The average molecular weight is 387 g/mol.